The number of rotatable bonds is 2. The van der Waals surface area contributed by atoms with Crippen LogP contribution in [-0.2, 0) is 5.41 Å². The van der Waals surface area contributed by atoms with E-state index < -0.39 is 11.9 Å². The van der Waals surface area contributed by atoms with Crippen LogP contribution in [0.4, 0.5) is 13.2 Å². The molecule has 0 atom stereocenters. The van der Waals surface area contributed by atoms with Crippen molar-refractivity contribution in [2.24, 2.45) is 0 Å². The highest BCUT2D eigenvalue weighted by molar-refractivity contribution is 7.99. The molecule has 0 amide bonds. The molecule has 0 aliphatic heterocycles. The van der Waals surface area contributed by atoms with E-state index >= 15 is 0 Å². The van der Waals surface area contributed by atoms with Crippen molar-refractivity contribution in [2.45, 2.75) is 37.3 Å². The van der Waals surface area contributed by atoms with Gasteiger partial charge in [0.25, 0.3) is 0 Å². The van der Waals surface area contributed by atoms with Gasteiger partial charge in [0.05, 0.1) is 15.7 Å². The molecule has 0 fully saturated rings. The summed E-state index contributed by atoms with van der Waals surface area (Å²) in [7, 11) is 0. The van der Waals surface area contributed by atoms with Gasteiger partial charge in [0.2, 0.25) is 5.89 Å². The lowest BCUT2D eigenvalue weighted by molar-refractivity contribution is -0.105. The maximum absolute atomic E-state index is 12.4. The molecule has 1 heterocycles. The first-order chi connectivity index (χ1) is 9.08. The van der Waals surface area contributed by atoms with Crippen LogP contribution in [0.15, 0.2) is 21.4 Å². The van der Waals surface area contributed by atoms with Gasteiger partial charge < -0.3 is 4.42 Å². The molecule has 0 unspecified atom stereocenters. The van der Waals surface area contributed by atoms with Crippen LogP contribution < -0.4 is 0 Å². The molecule has 7 heteroatoms. The van der Waals surface area contributed by atoms with Gasteiger partial charge in [-0.1, -0.05) is 32.4 Å². The summed E-state index contributed by atoms with van der Waals surface area (Å²) < 4.78 is 42.7. The van der Waals surface area contributed by atoms with E-state index in [0.717, 1.165) is 0 Å². The fourth-order valence-electron chi connectivity index (χ4n) is 1.55. The summed E-state index contributed by atoms with van der Waals surface area (Å²) in [6, 6.07) is 3.19. The van der Waals surface area contributed by atoms with Gasteiger partial charge in [0.1, 0.15) is 5.52 Å². The van der Waals surface area contributed by atoms with Crippen molar-refractivity contribution in [3.63, 3.8) is 0 Å². The Morgan fingerprint density at radius 1 is 1.25 bits per heavy atom. The first kappa shape index (κ1) is 15.5. The molecule has 0 aliphatic carbocycles. The summed E-state index contributed by atoms with van der Waals surface area (Å²) in [6.07, 6.45) is -4.26. The zero-order valence-corrected chi connectivity index (χ0v) is 12.7. The molecule has 2 nitrogen and oxygen atoms in total. The normalized spacial score (nSPS) is 13.2. The third-order valence-electron chi connectivity index (χ3n) is 2.49. The van der Waals surface area contributed by atoms with Crippen LogP contribution in [-0.4, -0.2) is 16.9 Å². The van der Waals surface area contributed by atoms with Crippen LogP contribution in [0.1, 0.15) is 26.7 Å². The summed E-state index contributed by atoms with van der Waals surface area (Å²) in [5.41, 5.74) is 0.512. The van der Waals surface area contributed by atoms with Gasteiger partial charge in [-0.05, 0) is 12.1 Å². The number of thioether (sulfide) groups is 1. The maximum Gasteiger partial charge on any atom is 0.398 e. The van der Waals surface area contributed by atoms with Gasteiger partial charge in [0.15, 0.2) is 5.58 Å². The maximum atomic E-state index is 12.4. The summed E-state index contributed by atoms with van der Waals surface area (Å²) in [4.78, 5) is 4.59. The Morgan fingerprint density at radius 3 is 2.45 bits per heavy atom. The van der Waals surface area contributed by atoms with E-state index in [9.17, 15) is 13.2 Å². The second kappa shape index (κ2) is 5.15. The Bertz CT molecular complexity index is 631. The van der Waals surface area contributed by atoms with E-state index in [-0.39, 0.29) is 15.3 Å². The molecule has 0 bridgehead atoms. The molecule has 2 rings (SSSR count). The van der Waals surface area contributed by atoms with Crippen molar-refractivity contribution >= 4 is 34.5 Å². The van der Waals surface area contributed by atoms with Gasteiger partial charge in [-0.2, -0.15) is 13.2 Å². The number of hydrogen-bond donors (Lipinski definition) is 0. The number of halogens is 4. The smallest absolute Gasteiger partial charge is 0.398 e. The highest BCUT2D eigenvalue weighted by Gasteiger charge is 2.29. The van der Waals surface area contributed by atoms with Crippen LogP contribution >= 0.6 is 23.4 Å². The summed E-state index contributed by atoms with van der Waals surface area (Å²) in [5.74, 6) is -0.541. The average Bonchev–Trinajstić information content (AvgIpc) is 2.69. The van der Waals surface area contributed by atoms with E-state index in [1.54, 1.807) is 6.07 Å². The Kier molecular flexibility index (Phi) is 3.99. The Balaban J connectivity index is 2.47. The fourth-order valence-corrected chi connectivity index (χ4v) is 2.66. The third-order valence-corrected chi connectivity index (χ3v) is 4.08. The molecular weight excluding hydrogens is 311 g/mol. The van der Waals surface area contributed by atoms with Crippen LogP contribution in [0.25, 0.3) is 11.1 Å². The summed E-state index contributed by atoms with van der Waals surface area (Å²) in [5, 5.41) is 0.239. The number of alkyl halides is 3. The number of nitrogens with zero attached hydrogens (tertiary/aromatic N) is 1. The molecule has 0 saturated carbocycles. The largest absolute Gasteiger partial charge is 0.439 e. The highest BCUT2D eigenvalue weighted by atomic mass is 35.5. The van der Waals surface area contributed by atoms with Gasteiger partial charge in [0, 0.05) is 5.41 Å². The number of fused-ring (bicyclic) bond motifs is 1. The average molecular weight is 324 g/mol. The lowest BCUT2D eigenvalue weighted by atomic mass is 9.97. The first-order valence-corrected chi connectivity index (χ1v) is 7.23. The summed E-state index contributed by atoms with van der Waals surface area (Å²) >= 11 is 6.60. The van der Waals surface area contributed by atoms with Crippen LogP contribution in [0.2, 0.25) is 5.02 Å². The molecule has 110 valence electrons. The fraction of sp³-hybridized carbons (Fsp3) is 0.462. The third kappa shape index (κ3) is 3.41. The molecule has 0 radical (unpaired) electrons. The van der Waals surface area contributed by atoms with E-state index in [0.29, 0.717) is 28.8 Å². The van der Waals surface area contributed by atoms with Crippen LogP contribution in [0.5, 0.6) is 0 Å². The summed E-state index contributed by atoms with van der Waals surface area (Å²) in [6.45, 7) is 5.76. The minimum Gasteiger partial charge on any atom is -0.439 e. The van der Waals surface area contributed by atoms with Crippen molar-refractivity contribution < 1.29 is 17.6 Å². The van der Waals surface area contributed by atoms with Crippen LogP contribution in [0.3, 0.4) is 0 Å². The predicted octanol–water partition coefficient (Wildman–Crippen LogP) is 5.43. The van der Waals surface area contributed by atoms with E-state index in [4.69, 9.17) is 16.0 Å². The van der Waals surface area contributed by atoms with E-state index in [1.807, 2.05) is 20.8 Å². The minimum absolute atomic E-state index is 0.239. The van der Waals surface area contributed by atoms with Gasteiger partial charge in [-0.25, -0.2) is 4.98 Å². The van der Waals surface area contributed by atoms with Gasteiger partial charge in [-0.3, -0.25) is 0 Å². The zero-order valence-electron chi connectivity index (χ0n) is 11.1. The predicted molar refractivity (Wildman–Crippen MR) is 74.5 cm³/mol. The molecule has 0 saturated heterocycles. The van der Waals surface area contributed by atoms with Crippen molar-refractivity contribution in [1.29, 1.82) is 0 Å². The molecule has 1 aromatic heterocycles. The zero-order chi connectivity index (χ0) is 15.1. The standard InChI is InChI=1S/C13H13ClF3NOS/c1-12(2,3)11-18-8-5-4-7(14)10(9(8)19-11)20-6-13(15,16)17/h4-5H,6H2,1-3H3. The van der Waals surface area contributed by atoms with E-state index in [2.05, 4.69) is 4.98 Å². The monoisotopic (exact) mass is 323 g/mol. The topological polar surface area (TPSA) is 26.0 Å². The van der Waals surface area contributed by atoms with Crippen molar-refractivity contribution in [2.75, 3.05) is 5.75 Å². The van der Waals surface area contributed by atoms with E-state index in [1.165, 1.54) is 6.07 Å². The minimum atomic E-state index is -4.26. The highest BCUT2D eigenvalue weighted by Crippen LogP contribution is 2.39. The number of oxazole rings is 1. The van der Waals surface area contributed by atoms with Crippen molar-refractivity contribution in [3.05, 3.63) is 23.0 Å². The lowest BCUT2D eigenvalue weighted by Crippen LogP contribution is -2.11. The molecule has 0 N–H and O–H groups in total. The second-order valence-corrected chi connectivity index (χ2v) is 6.79. The number of aromatic nitrogens is 1. The van der Waals surface area contributed by atoms with Crippen LogP contribution in [0, 0.1) is 0 Å². The second-order valence-electron chi connectivity index (χ2n) is 5.40. The van der Waals surface area contributed by atoms with Gasteiger partial charge >= 0.3 is 6.18 Å². The first-order valence-electron chi connectivity index (χ1n) is 5.87. The number of hydrogen-bond acceptors (Lipinski definition) is 3. The molecule has 0 spiro atoms. The number of benzene rings is 1. The Hall–Kier alpha value is -0.880. The lowest BCUT2D eigenvalue weighted by Gasteiger charge is -2.12. The Morgan fingerprint density at radius 2 is 1.90 bits per heavy atom. The molecular formula is C13H13ClF3NOS. The molecule has 2 aromatic rings. The molecule has 1 aromatic carbocycles. The molecule has 20 heavy (non-hydrogen) atoms. The quantitative estimate of drug-likeness (QED) is 0.689. The van der Waals surface area contributed by atoms with Crippen molar-refractivity contribution in [3.8, 4) is 0 Å². The molecule has 0 aliphatic rings. The van der Waals surface area contributed by atoms with Gasteiger partial charge in [-0.15, -0.1) is 11.8 Å². The SMILES string of the molecule is CC(C)(C)c1nc2ccc(Cl)c(SCC(F)(F)F)c2o1. The Labute approximate surface area is 123 Å². The van der Waals surface area contributed by atoms with Crippen molar-refractivity contribution in [1.82, 2.24) is 4.98 Å².